The Balaban J connectivity index is 1.55. The van der Waals surface area contributed by atoms with Crippen molar-refractivity contribution < 1.29 is 31.5 Å². The molecule has 13 heteroatoms. The summed E-state index contributed by atoms with van der Waals surface area (Å²) < 4.78 is 67.3. The molecule has 0 saturated heterocycles. The summed E-state index contributed by atoms with van der Waals surface area (Å²) in [7, 11) is 1.52. The number of halogens is 5. The lowest BCUT2D eigenvalue weighted by molar-refractivity contribution is -0.175. The van der Waals surface area contributed by atoms with Gasteiger partial charge in [-0.3, -0.25) is 9.59 Å². The van der Waals surface area contributed by atoms with Crippen molar-refractivity contribution in [2.75, 3.05) is 0 Å². The summed E-state index contributed by atoms with van der Waals surface area (Å²) >= 11 is 0. The first-order valence-electron chi connectivity index (χ1n) is 10.4. The third-order valence-electron chi connectivity index (χ3n) is 5.67. The average molecular weight is 494 g/mol. The van der Waals surface area contributed by atoms with Crippen LogP contribution in [0.25, 0.3) is 22.5 Å². The zero-order valence-corrected chi connectivity index (χ0v) is 18.5. The molecular weight excluding hydrogens is 475 g/mol. The molecule has 8 nitrogen and oxygen atoms in total. The van der Waals surface area contributed by atoms with Crippen molar-refractivity contribution in [1.29, 1.82) is 0 Å². The van der Waals surface area contributed by atoms with Crippen molar-refractivity contribution in [3.63, 3.8) is 0 Å². The molecule has 0 spiro atoms. The van der Waals surface area contributed by atoms with Gasteiger partial charge in [0, 0.05) is 5.56 Å². The first kappa shape index (κ1) is 24.2. The van der Waals surface area contributed by atoms with Crippen LogP contribution >= 0.6 is 0 Å². The molecular formula is C22H19F5N6O2. The molecule has 0 aliphatic heterocycles. The fourth-order valence-electron chi connectivity index (χ4n) is 3.66. The SMILES string of the molecule is C[C@@H](NC(=O)C1(NC(=O)C(F)(F)F)CC1)c1ccc(-c2cccc(F)c2-c2nnn(C)n2)cc1F. The summed E-state index contributed by atoms with van der Waals surface area (Å²) in [6.07, 6.45) is -5.05. The molecule has 1 heterocycles. The third-order valence-corrected chi connectivity index (χ3v) is 5.67. The number of carbonyl (C=O) groups is 2. The van der Waals surface area contributed by atoms with Crippen LogP contribution in [0.2, 0.25) is 0 Å². The van der Waals surface area contributed by atoms with Crippen molar-refractivity contribution in [3.8, 4) is 22.5 Å². The Morgan fingerprint density at radius 1 is 1.11 bits per heavy atom. The Morgan fingerprint density at radius 3 is 2.40 bits per heavy atom. The minimum absolute atomic E-state index is 0.0151. The van der Waals surface area contributed by atoms with E-state index in [1.165, 1.54) is 38.2 Å². The highest BCUT2D eigenvalue weighted by atomic mass is 19.4. The number of nitrogens with zero attached hydrogens (tertiary/aromatic N) is 4. The van der Waals surface area contributed by atoms with Gasteiger partial charge >= 0.3 is 12.1 Å². The molecule has 3 aromatic rings. The molecule has 1 aliphatic carbocycles. The highest BCUT2D eigenvalue weighted by molar-refractivity contribution is 5.95. The zero-order valence-electron chi connectivity index (χ0n) is 18.5. The second kappa shape index (κ2) is 8.71. The van der Waals surface area contributed by atoms with Crippen LogP contribution in [-0.4, -0.2) is 43.7 Å². The van der Waals surface area contributed by atoms with Crippen LogP contribution < -0.4 is 10.6 Å². The Bertz CT molecular complexity index is 1300. The van der Waals surface area contributed by atoms with E-state index in [9.17, 15) is 27.2 Å². The maximum atomic E-state index is 15.0. The number of amides is 2. The van der Waals surface area contributed by atoms with Gasteiger partial charge in [0.2, 0.25) is 11.7 Å². The molecule has 1 saturated carbocycles. The average Bonchev–Trinajstić information content (AvgIpc) is 3.44. The Hall–Kier alpha value is -3.90. The highest BCUT2D eigenvalue weighted by Gasteiger charge is 2.55. The lowest BCUT2D eigenvalue weighted by Gasteiger charge is -2.22. The minimum atomic E-state index is -5.12. The van der Waals surface area contributed by atoms with Crippen molar-refractivity contribution in [2.24, 2.45) is 7.05 Å². The Labute approximate surface area is 195 Å². The van der Waals surface area contributed by atoms with Gasteiger partial charge in [-0.15, -0.1) is 10.2 Å². The highest BCUT2D eigenvalue weighted by Crippen LogP contribution is 2.38. The van der Waals surface area contributed by atoms with E-state index >= 15 is 4.39 Å². The van der Waals surface area contributed by atoms with Crippen molar-refractivity contribution in [1.82, 2.24) is 30.8 Å². The molecule has 0 radical (unpaired) electrons. The molecule has 1 aromatic heterocycles. The van der Waals surface area contributed by atoms with Gasteiger partial charge < -0.3 is 10.6 Å². The van der Waals surface area contributed by atoms with Gasteiger partial charge in [0.25, 0.3) is 0 Å². The number of hydrogen-bond acceptors (Lipinski definition) is 5. The van der Waals surface area contributed by atoms with E-state index in [1.54, 1.807) is 11.4 Å². The van der Waals surface area contributed by atoms with Crippen LogP contribution in [0.5, 0.6) is 0 Å². The number of rotatable bonds is 6. The molecule has 2 N–H and O–H groups in total. The second-order valence-electron chi connectivity index (χ2n) is 8.23. The van der Waals surface area contributed by atoms with Crippen LogP contribution in [0.1, 0.15) is 31.4 Å². The summed E-state index contributed by atoms with van der Waals surface area (Å²) in [5, 5.41) is 15.7. The van der Waals surface area contributed by atoms with Gasteiger partial charge in [-0.05, 0) is 48.2 Å². The second-order valence-corrected chi connectivity index (χ2v) is 8.23. The predicted octanol–water partition coefficient (Wildman–Crippen LogP) is 3.21. The van der Waals surface area contributed by atoms with Crippen LogP contribution in [0, 0.1) is 11.6 Å². The molecule has 0 unspecified atom stereocenters. The number of tetrazole rings is 1. The Morgan fingerprint density at radius 2 is 1.83 bits per heavy atom. The van der Waals surface area contributed by atoms with E-state index in [4.69, 9.17) is 0 Å². The Kier molecular flexibility index (Phi) is 6.03. The summed E-state index contributed by atoms with van der Waals surface area (Å²) in [6, 6.07) is 7.33. The summed E-state index contributed by atoms with van der Waals surface area (Å²) in [5.41, 5.74) is -0.965. The predicted molar refractivity (Wildman–Crippen MR) is 112 cm³/mol. The lowest BCUT2D eigenvalue weighted by Crippen LogP contribution is -2.53. The molecule has 184 valence electrons. The molecule has 1 fully saturated rings. The maximum Gasteiger partial charge on any atom is 0.471 e. The first-order chi connectivity index (χ1) is 16.4. The van der Waals surface area contributed by atoms with Crippen molar-refractivity contribution >= 4 is 11.8 Å². The number of benzene rings is 2. The fourth-order valence-corrected chi connectivity index (χ4v) is 3.66. The van der Waals surface area contributed by atoms with Gasteiger partial charge in [0.15, 0.2) is 0 Å². The maximum absolute atomic E-state index is 15.0. The fraction of sp³-hybridized carbons (Fsp3) is 0.318. The van der Waals surface area contributed by atoms with Gasteiger partial charge in [-0.1, -0.05) is 24.3 Å². The largest absolute Gasteiger partial charge is 0.471 e. The van der Waals surface area contributed by atoms with E-state index < -0.39 is 41.2 Å². The van der Waals surface area contributed by atoms with Gasteiger partial charge in [0.05, 0.1) is 18.7 Å². The van der Waals surface area contributed by atoms with Crippen LogP contribution in [0.3, 0.4) is 0 Å². The van der Waals surface area contributed by atoms with Gasteiger partial charge in [-0.2, -0.15) is 18.0 Å². The smallest absolute Gasteiger partial charge is 0.347 e. The summed E-state index contributed by atoms with van der Waals surface area (Å²) in [6.45, 7) is 1.45. The van der Waals surface area contributed by atoms with E-state index in [2.05, 4.69) is 20.7 Å². The molecule has 1 aliphatic rings. The van der Waals surface area contributed by atoms with E-state index in [0.717, 1.165) is 10.9 Å². The number of hydrogen-bond donors (Lipinski definition) is 2. The van der Waals surface area contributed by atoms with E-state index in [-0.39, 0.29) is 29.8 Å². The van der Waals surface area contributed by atoms with Crippen LogP contribution in [-0.2, 0) is 16.6 Å². The molecule has 1 atom stereocenters. The van der Waals surface area contributed by atoms with Gasteiger partial charge in [0.1, 0.15) is 17.2 Å². The van der Waals surface area contributed by atoms with Gasteiger partial charge in [-0.25, -0.2) is 8.78 Å². The summed E-state index contributed by atoms with van der Waals surface area (Å²) in [4.78, 5) is 24.9. The zero-order chi connectivity index (χ0) is 25.5. The quantitative estimate of drug-likeness (QED) is 0.513. The monoisotopic (exact) mass is 494 g/mol. The number of aryl methyl sites for hydroxylation is 1. The third kappa shape index (κ3) is 4.84. The minimum Gasteiger partial charge on any atom is -0.347 e. The lowest BCUT2D eigenvalue weighted by atomic mass is 9.96. The molecule has 4 rings (SSSR count). The van der Waals surface area contributed by atoms with Crippen LogP contribution in [0.15, 0.2) is 36.4 Å². The number of carbonyl (C=O) groups excluding carboxylic acids is 2. The topological polar surface area (TPSA) is 102 Å². The van der Waals surface area contributed by atoms with E-state index in [1.807, 2.05) is 0 Å². The standard InChI is InChI=1S/C22H19F5N6O2/c1-11(28-19(34)21(8-9-21)29-20(35)22(25,26)27)13-7-6-12(10-16(13)24)14-4-3-5-15(23)17(14)18-30-32-33(2)31-18/h3-7,10-11H,8-9H2,1-2H3,(H,28,34)(H,29,35)/t11-/m1/s1. The number of alkyl halides is 3. The molecule has 2 amide bonds. The van der Waals surface area contributed by atoms with Crippen LogP contribution in [0.4, 0.5) is 22.0 Å². The molecule has 2 aromatic carbocycles. The molecule has 35 heavy (non-hydrogen) atoms. The normalized spacial score (nSPS) is 15.4. The molecule has 0 bridgehead atoms. The van der Waals surface area contributed by atoms with Crippen molar-refractivity contribution in [3.05, 3.63) is 53.6 Å². The summed E-state index contributed by atoms with van der Waals surface area (Å²) in [5.74, 6) is -4.40. The van der Waals surface area contributed by atoms with E-state index in [0.29, 0.717) is 11.1 Å². The first-order valence-corrected chi connectivity index (χ1v) is 10.4. The number of aromatic nitrogens is 4. The van der Waals surface area contributed by atoms with Crippen molar-refractivity contribution in [2.45, 2.75) is 37.5 Å². The number of nitrogens with one attached hydrogen (secondary N) is 2.